The molecular weight excluding hydrogens is 560 g/mol. The number of hydrogen-bond acceptors (Lipinski definition) is 5. The Labute approximate surface area is 238 Å². The normalized spacial score (nSPS) is 14.3. The number of halogens is 3. The quantitative estimate of drug-likeness (QED) is 0.217. The Morgan fingerprint density at radius 3 is 2.38 bits per heavy atom. The molecule has 1 aliphatic rings. The molecular formula is C30H24ClF2NO5S. The number of thiophene rings is 1. The number of rotatable bonds is 8. The molecule has 6 nitrogen and oxygen atoms in total. The van der Waals surface area contributed by atoms with E-state index in [-0.39, 0.29) is 10.7 Å². The predicted octanol–water partition coefficient (Wildman–Crippen LogP) is 8.45. The zero-order valence-corrected chi connectivity index (χ0v) is 23.0. The number of carbonyl (C=O) groups excluding carboxylic acids is 1. The van der Waals surface area contributed by atoms with E-state index in [2.05, 4.69) is 5.32 Å². The number of hydrogen-bond donors (Lipinski definition) is 2. The Balaban J connectivity index is 1.36. The van der Waals surface area contributed by atoms with Gasteiger partial charge in [-0.3, -0.25) is 10.1 Å². The van der Waals surface area contributed by atoms with Crippen LogP contribution in [0.5, 0.6) is 5.75 Å². The van der Waals surface area contributed by atoms with Gasteiger partial charge in [0.2, 0.25) is 0 Å². The molecule has 1 aromatic heterocycles. The lowest BCUT2D eigenvalue weighted by Gasteiger charge is -2.16. The highest BCUT2D eigenvalue weighted by molar-refractivity contribution is 7.14. The van der Waals surface area contributed by atoms with Gasteiger partial charge in [-0.15, -0.1) is 11.3 Å². The molecule has 0 aliphatic heterocycles. The highest BCUT2D eigenvalue weighted by Gasteiger charge is 2.51. The molecule has 40 heavy (non-hydrogen) atoms. The highest BCUT2D eigenvalue weighted by atomic mass is 35.5. The van der Waals surface area contributed by atoms with Crippen LogP contribution in [0, 0.1) is 10.9 Å². The van der Waals surface area contributed by atoms with Crippen molar-refractivity contribution in [2.24, 2.45) is 0 Å². The fourth-order valence-electron chi connectivity index (χ4n) is 4.65. The molecule has 4 aromatic rings. The van der Waals surface area contributed by atoms with Crippen LogP contribution >= 0.6 is 22.9 Å². The fraction of sp³-hybridized carbons (Fsp3) is 0.200. The highest BCUT2D eigenvalue weighted by Crippen LogP contribution is 2.49. The lowest BCUT2D eigenvalue weighted by molar-refractivity contribution is -0.140. The Kier molecular flexibility index (Phi) is 7.53. The maximum Gasteiger partial charge on any atom is 0.412 e. The van der Waals surface area contributed by atoms with Crippen molar-refractivity contribution in [1.29, 1.82) is 0 Å². The summed E-state index contributed by atoms with van der Waals surface area (Å²) in [6, 6.07) is 17.7. The maximum atomic E-state index is 14.4. The van der Waals surface area contributed by atoms with E-state index in [0.29, 0.717) is 34.6 Å². The van der Waals surface area contributed by atoms with Crippen molar-refractivity contribution in [2.45, 2.75) is 31.3 Å². The standard InChI is InChI=1S/C30H24ClF2NO5S/c1-16(22-14-20(32)8-10-23(22)31)39-29(37)34-24-15-26(33)40-27(24)18-5-9-21(25(13-18)38-2)17-3-6-19(7-4-17)30(11-12-30)28(35)36/h3-10,13-16H,11-12H2,1-2H3,(H,34,37)(H,35,36). The number of anilines is 1. The van der Waals surface area contributed by atoms with Crippen molar-refractivity contribution in [3.05, 3.63) is 93.8 Å². The van der Waals surface area contributed by atoms with Crippen LogP contribution in [0.3, 0.4) is 0 Å². The van der Waals surface area contributed by atoms with E-state index < -0.39 is 34.5 Å². The number of carboxylic acid groups (broad SMARTS) is 1. The molecule has 1 fully saturated rings. The fourth-order valence-corrected chi connectivity index (χ4v) is 5.76. The summed E-state index contributed by atoms with van der Waals surface area (Å²) in [5.74, 6) is -0.815. The van der Waals surface area contributed by atoms with Gasteiger partial charge in [-0.1, -0.05) is 48.0 Å². The van der Waals surface area contributed by atoms with Crippen molar-refractivity contribution < 1.29 is 33.0 Å². The number of amides is 1. The van der Waals surface area contributed by atoms with Gasteiger partial charge < -0.3 is 14.6 Å². The van der Waals surface area contributed by atoms with Gasteiger partial charge in [-0.2, -0.15) is 4.39 Å². The largest absolute Gasteiger partial charge is 0.496 e. The van der Waals surface area contributed by atoms with Crippen LogP contribution in [0.4, 0.5) is 19.3 Å². The number of methoxy groups -OCH3 is 1. The van der Waals surface area contributed by atoms with Crippen LogP contribution in [-0.4, -0.2) is 24.3 Å². The van der Waals surface area contributed by atoms with Gasteiger partial charge in [-0.05, 0) is 60.7 Å². The van der Waals surface area contributed by atoms with Crippen molar-refractivity contribution in [1.82, 2.24) is 0 Å². The van der Waals surface area contributed by atoms with Gasteiger partial charge in [0, 0.05) is 22.2 Å². The van der Waals surface area contributed by atoms with E-state index in [1.54, 1.807) is 19.1 Å². The van der Waals surface area contributed by atoms with Gasteiger partial charge in [0.05, 0.1) is 23.1 Å². The van der Waals surface area contributed by atoms with E-state index in [1.807, 2.05) is 30.3 Å². The summed E-state index contributed by atoms with van der Waals surface area (Å²) < 4.78 is 39.0. The molecule has 1 saturated carbocycles. The summed E-state index contributed by atoms with van der Waals surface area (Å²) in [5.41, 5.74) is 2.68. The van der Waals surface area contributed by atoms with Crippen LogP contribution in [0.25, 0.3) is 21.6 Å². The molecule has 1 heterocycles. The molecule has 0 saturated heterocycles. The molecule has 2 N–H and O–H groups in total. The summed E-state index contributed by atoms with van der Waals surface area (Å²) in [5, 5.41) is 11.9. The van der Waals surface area contributed by atoms with E-state index in [1.165, 1.54) is 31.4 Å². The van der Waals surface area contributed by atoms with Gasteiger partial charge in [-0.25, -0.2) is 9.18 Å². The summed E-state index contributed by atoms with van der Waals surface area (Å²) in [6.45, 7) is 1.55. The van der Waals surface area contributed by atoms with Crippen molar-refractivity contribution in [2.75, 3.05) is 12.4 Å². The second-order valence-electron chi connectivity index (χ2n) is 9.51. The average Bonchev–Trinajstić information content (AvgIpc) is 3.67. The Morgan fingerprint density at radius 1 is 1.02 bits per heavy atom. The van der Waals surface area contributed by atoms with Crippen LogP contribution in [0.1, 0.15) is 37.0 Å². The monoisotopic (exact) mass is 583 g/mol. The second-order valence-corrected chi connectivity index (χ2v) is 10.9. The lowest BCUT2D eigenvalue weighted by atomic mass is 9.93. The SMILES string of the molecule is COc1cc(-c2sc(F)cc2NC(=O)OC(C)c2cc(F)ccc2Cl)ccc1-c1ccc(C2(C(=O)O)CC2)cc1. The number of benzene rings is 3. The summed E-state index contributed by atoms with van der Waals surface area (Å²) in [7, 11) is 1.52. The lowest BCUT2D eigenvalue weighted by Crippen LogP contribution is -2.19. The first-order chi connectivity index (χ1) is 19.1. The van der Waals surface area contributed by atoms with Crippen molar-refractivity contribution in [3.8, 4) is 27.3 Å². The molecule has 0 radical (unpaired) electrons. The number of carboxylic acids is 1. The van der Waals surface area contributed by atoms with Gasteiger partial charge in [0.15, 0.2) is 5.13 Å². The molecule has 1 amide bonds. The first-order valence-corrected chi connectivity index (χ1v) is 13.6. The van der Waals surface area contributed by atoms with Crippen molar-refractivity contribution in [3.63, 3.8) is 0 Å². The molecule has 1 atom stereocenters. The minimum atomic E-state index is -0.856. The Morgan fingerprint density at radius 2 is 1.73 bits per heavy atom. The van der Waals surface area contributed by atoms with Crippen LogP contribution in [-0.2, 0) is 14.9 Å². The Hall–Kier alpha value is -3.95. The van der Waals surface area contributed by atoms with Gasteiger partial charge in [0.1, 0.15) is 17.7 Å². The third-order valence-electron chi connectivity index (χ3n) is 6.99. The second kappa shape index (κ2) is 10.9. The smallest absolute Gasteiger partial charge is 0.412 e. The van der Waals surface area contributed by atoms with Gasteiger partial charge in [0.25, 0.3) is 0 Å². The average molecular weight is 584 g/mol. The Bertz CT molecular complexity index is 1600. The molecule has 1 aliphatic carbocycles. The number of ether oxygens (including phenoxy) is 2. The van der Waals surface area contributed by atoms with Gasteiger partial charge >= 0.3 is 12.1 Å². The summed E-state index contributed by atoms with van der Waals surface area (Å²) in [6.07, 6.45) is -0.465. The van der Waals surface area contributed by atoms with E-state index in [4.69, 9.17) is 21.1 Å². The molecule has 0 spiro atoms. The molecule has 0 bridgehead atoms. The molecule has 1 unspecified atom stereocenters. The third kappa shape index (κ3) is 5.39. The van der Waals surface area contributed by atoms with Crippen LogP contribution in [0.15, 0.2) is 66.7 Å². The minimum Gasteiger partial charge on any atom is -0.496 e. The zero-order chi connectivity index (χ0) is 28.6. The number of carbonyl (C=O) groups is 2. The zero-order valence-electron chi connectivity index (χ0n) is 21.5. The van der Waals surface area contributed by atoms with Crippen LogP contribution in [0.2, 0.25) is 5.02 Å². The summed E-state index contributed by atoms with van der Waals surface area (Å²) in [4.78, 5) is 24.7. The topological polar surface area (TPSA) is 84.9 Å². The predicted molar refractivity (Wildman–Crippen MR) is 150 cm³/mol. The van der Waals surface area contributed by atoms with Crippen LogP contribution < -0.4 is 10.1 Å². The third-order valence-corrected chi connectivity index (χ3v) is 8.31. The molecule has 3 aromatic carbocycles. The number of nitrogens with one attached hydrogen (secondary N) is 1. The first kappa shape index (κ1) is 27.6. The van der Waals surface area contributed by atoms with Crippen molar-refractivity contribution >= 4 is 40.7 Å². The van der Waals surface area contributed by atoms with E-state index >= 15 is 0 Å². The maximum absolute atomic E-state index is 14.4. The van der Waals surface area contributed by atoms with E-state index in [9.17, 15) is 23.5 Å². The first-order valence-electron chi connectivity index (χ1n) is 12.4. The molecule has 206 valence electrons. The summed E-state index contributed by atoms with van der Waals surface area (Å²) >= 11 is 6.96. The minimum absolute atomic E-state index is 0.201. The number of aliphatic carboxylic acids is 1. The molecule has 5 rings (SSSR count). The molecule has 10 heteroatoms. The van der Waals surface area contributed by atoms with E-state index in [0.717, 1.165) is 28.0 Å².